The summed E-state index contributed by atoms with van der Waals surface area (Å²) in [5.41, 5.74) is 3.86. The molecule has 0 amide bonds. The molecule has 5 rings (SSSR count). The van der Waals surface area contributed by atoms with Gasteiger partial charge in [0.15, 0.2) is 0 Å². The van der Waals surface area contributed by atoms with E-state index in [1.165, 1.54) is 0 Å². The molecular weight excluding hydrogens is 543 g/mol. The average Bonchev–Trinajstić information content (AvgIpc) is 3.46. The van der Waals surface area contributed by atoms with E-state index in [1.54, 1.807) is 29.1 Å². The van der Waals surface area contributed by atoms with Gasteiger partial charge in [-0.25, -0.2) is 13.9 Å². The van der Waals surface area contributed by atoms with Gasteiger partial charge in [0.2, 0.25) is 0 Å². The van der Waals surface area contributed by atoms with Crippen molar-refractivity contribution in [2.24, 2.45) is 0 Å². The lowest BCUT2D eigenvalue weighted by molar-refractivity contribution is 0.0332. The van der Waals surface area contributed by atoms with Gasteiger partial charge >= 0.3 is 5.97 Å². The Bertz CT molecular complexity index is 1670. The maximum atomic E-state index is 14.4. The van der Waals surface area contributed by atoms with E-state index in [0.717, 1.165) is 33.4 Å². The average molecular weight is 581 g/mol. The van der Waals surface area contributed by atoms with Crippen molar-refractivity contribution < 1.29 is 19.0 Å². The minimum Gasteiger partial charge on any atom is -0.457 e. The number of aliphatic hydroxyl groups is 1. The number of ether oxygens (including phenoxy) is 1. The minimum absolute atomic E-state index is 0.00598. The van der Waals surface area contributed by atoms with Gasteiger partial charge in [-0.3, -0.25) is 0 Å². The number of esters is 1. The Morgan fingerprint density at radius 1 is 1.02 bits per heavy atom. The van der Waals surface area contributed by atoms with Crippen LogP contribution in [0.3, 0.4) is 0 Å². The van der Waals surface area contributed by atoms with Crippen LogP contribution in [-0.4, -0.2) is 52.3 Å². The zero-order valence-corrected chi connectivity index (χ0v) is 24.7. The molecule has 2 N–H and O–H groups in total. The number of para-hydroxylation sites is 1. The van der Waals surface area contributed by atoms with Crippen LogP contribution in [0.2, 0.25) is 0 Å². The lowest BCUT2D eigenvalue weighted by Gasteiger charge is -2.37. The fourth-order valence-electron chi connectivity index (χ4n) is 5.10. The van der Waals surface area contributed by atoms with E-state index in [4.69, 9.17) is 4.74 Å². The Kier molecular flexibility index (Phi) is 9.07. The number of fused-ring (bicyclic) bond motifs is 1. The van der Waals surface area contributed by atoms with Gasteiger partial charge in [0.05, 0.1) is 29.5 Å². The molecule has 8 heteroatoms. The molecule has 0 radical (unpaired) electrons. The Morgan fingerprint density at radius 2 is 1.74 bits per heavy atom. The molecule has 0 saturated heterocycles. The molecule has 7 nitrogen and oxygen atoms in total. The molecule has 1 atom stereocenters. The fourth-order valence-corrected chi connectivity index (χ4v) is 5.10. The fraction of sp³-hybridized carbons (Fsp3) is 0.257. The molecule has 0 spiro atoms. The number of hydrogen-bond donors (Lipinski definition) is 2. The van der Waals surface area contributed by atoms with E-state index in [1.807, 2.05) is 105 Å². The Morgan fingerprint density at radius 3 is 2.44 bits per heavy atom. The first-order valence-corrected chi connectivity index (χ1v) is 14.4. The van der Waals surface area contributed by atoms with Crippen LogP contribution in [-0.2, 0) is 11.3 Å². The predicted octanol–water partition coefficient (Wildman–Crippen LogP) is 6.72. The summed E-state index contributed by atoms with van der Waals surface area (Å²) in [7, 11) is 0. The normalized spacial score (nSPS) is 12.7. The largest absolute Gasteiger partial charge is 0.457 e. The van der Waals surface area contributed by atoms with Crippen molar-refractivity contribution in [1.82, 2.24) is 9.78 Å². The Balaban J connectivity index is 1.35. The zero-order valence-electron chi connectivity index (χ0n) is 24.7. The predicted molar refractivity (Wildman–Crippen MR) is 170 cm³/mol. The number of carbonyl (C=O) groups is 1. The first-order valence-electron chi connectivity index (χ1n) is 14.4. The van der Waals surface area contributed by atoms with Crippen LogP contribution in [0.15, 0.2) is 103 Å². The van der Waals surface area contributed by atoms with Crippen LogP contribution in [0.1, 0.15) is 35.3 Å². The summed E-state index contributed by atoms with van der Waals surface area (Å²) in [6, 6.07) is 30.4. The zero-order chi connectivity index (χ0) is 30.4. The maximum Gasteiger partial charge on any atom is 0.338 e. The second-order valence-corrected chi connectivity index (χ2v) is 11.2. The first-order chi connectivity index (χ1) is 20.8. The molecule has 0 aliphatic heterocycles. The summed E-state index contributed by atoms with van der Waals surface area (Å²) in [4.78, 5) is 14.8. The molecule has 43 heavy (non-hydrogen) atoms. The highest BCUT2D eigenvalue weighted by Gasteiger charge is 2.31. The summed E-state index contributed by atoms with van der Waals surface area (Å²) >= 11 is 0. The van der Waals surface area contributed by atoms with Crippen molar-refractivity contribution in [3.8, 4) is 5.69 Å². The first kappa shape index (κ1) is 29.8. The van der Waals surface area contributed by atoms with E-state index < -0.39 is 18.2 Å². The number of benzene rings is 4. The van der Waals surface area contributed by atoms with Crippen molar-refractivity contribution in [2.45, 2.75) is 39.0 Å². The van der Waals surface area contributed by atoms with Crippen molar-refractivity contribution >= 4 is 28.2 Å². The summed E-state index contributed by atoms with van der Waals surface area (Å²) < 4.78 is 21.7. The second-order valence-electron chi connectivity index (χ2n) is 11.2. The molecule has 5 aromatic rings. The Hall–Kier alpha value is -4.69. The van der Waals surface area contributed by atoms with Crippen molar-refractivity contribution in [1.29, 1.82) is 0 Å². The number of carbonyl (C=O) groups excluding carboxylic acids is 1. The van der Waals surface area contributed by atoms with Gasteiger partial charge in [-0.15, -0.1) is 0 Å². The second kappa shape index (κ2) is 13.1. The van der Waals surface area contributed by atoms with Crippen molar-refractivity contribution in [3.63, 3.8) is 0 Å². The number of aryl methyl sites for hydroxylation is 1. The Labute approximate surface area is 251 Å². The number of hydrogen-bond acceptors (Lipinski definition) is 6. The summed E-state index contributed by atoms with van der Waals surface area (Å²) in [6.45, 7) is 5.43. The van der Waals surface area contributed by atoms with Crippen LogP contribution in [0.25, 0.3) is 16.6 Å². The van der Waals surface area contributed by atoms with Crippen molar-refractivity contribution in [3.05, 3.63) is 120 Å². The highest BCUT2D eigenvalue weighted by molar-refractivity contribution is 5.94. The third-order valence-corrected chi connectivity index (χ3v) is 7.40. The van der Waals surface area contributed by atoms with Gasteiger partial charge in [-0.1, -0.05) is 54.6 Å². The third-order valence-electron chi connectivity index (χ3n) is 7.40. The number of nitrogens with one attached hydrogen (secondary N) is 1. The molecule has 4 aromatic carbocycles. The van der Waals surface area contributed by atoms with Gasteiger partial charge < -0.3 is 20.1 Å². The highest BCUT2D eigenvalue weighted by atomic mass is 19.1. The SMILES string of the molecule is Cc1cc(NCC(O)(CF)CN(c2ccccc2)C(C)C)c2cnn(-c3cccc(C(=O)OCc4ccccc4)c3)c2c1. The number of alkyl halides is 1. The number of anilines is 2. The van der Waals surface area contributed by atoms with Crippen molar-refractivity contribution in [2.75, 3.05) is 30.0 Å². The van der Waals surface area contributed by atoms with E-state index in [9.17, 15) is 14.3 Å². The summed E-state index contributed by atoms with van der Waals surface area (Å²) in [6.07, 6.45) is 1.73. The quantitative estimate of drug-likeness (QED) is 0.160. The monoisotopic (exact) mass is 580 g/mol. The molecule has 1 unspecified atom stereocenters. The lowest BCUT2D eigenvalue weighted by Crippen LogP contribution is -2.51. The van der Waals surface area contributed by atoms with Crippen LogP contribution >= 0.6 is 0 Å². The molecule has 0 aliphatic carbocycles. The topological polar surface area (TPSA) is 79.6 Å². The van der Waals surface area contributed by atoms with Crippen LogP contribution in [0, 0.1) is 6.92 Å². The molecular formula is C35H37FN4O3. The smallest absolute Gasteiger partial charge is 0.338 e. The van der Waals surface area contributed by atoms with E-state index >= 15 is 0 Å². The standard InChI is InChI=1S/C35H37FN4O3/c1-25(2)39(29-14-8-5-9-15-29)24-35(42,22-36)23-37-32-17-26(3)18-33-31(32)20-38-40(33)30-16-10-13-28(19-30)34(41)43-21-27-11-6-4-7-12-27/h4-20,25,37,42H,21-24H2,1-3H3. The molecule has 0 bridgehead atoms. The molecule has 0 saturated carbocycles. The lowest BCUT2D eigenvalue weighted by atomic mass is 10.0. The van der Waals surface area contributed by atoms with Gasteiger partial charge in [-0.05, 0) is 74.4 Å². The van der Waals surface area contributed by atoms with E-state index in [2.05, 4.69) is 10.4 Å². The summed E-state index contributed by atoms with van der Waals surface area (Å²) in [5, 5.41) is 20.1. The van der Waals surface area contributed by atoms with Crippen LogP contribution in [0.5, 0.6) is 0 Å². The highest BCUT2D eigenvalue weighted by Crippen LogP contribution is 2.29. The maximum absolute atomic E-state index is 14.4. The number of halogens is 1. The number of aromatic nitrogens is 2. The summed E-state index contributed by atoms with van der Waals surface area (Å²) in [5.74, 6) is -0.419. The molecule has 222 valence electrons. The van der Waals surface area contributed by atoms with E-state index in [0.29, 0.717) is 11.3 Å². The van der Waals surface area contributed by atoms with Gasteiger partial charge in [0.25, 0.3) is 0 Å². The number of nitrogens with zero attached hydrogens (tertiary/aromatic N) is 3. The molecule has 1 aromatic heterocycles. The van der Waals surface area contributed by atoms with Crippen LogP contribution in [0.4, 0.5) is 15.8 Å². The molecule has 0 aliphatic rings. The van der Waals surface area contributed by atoms with E-state index in [-0.39, 0.29) is 25.7 Å². The third kappa shape index (κ3) is 7.04. The van der Waals surface area contributed by atoms with Crippen LogP contribution < -0.4 is 10.2 Å². The molecule has 1 heterocycles. The molecule has 0 fully saturated rings. The van der Waals surface area contributed by atoms with Gasteiger partial charge in [0.1, 0.15) is 18.9 Å². The number of rotatable bonds is 12. The van der Waals surface area contributed by atoms with Gasteiger partial charge in [-0.2, -0.15) is 5.10 Å². The van der Waals surface area contributed by atoms with Gasteiger partial charge in [0, 0.05) is 29.3 Å². The minimum atomic E-state index is -1.62.